The van der Waals surface area contributed by atoms with Crippen molar-refractivity contribution in [2.75, 3.05) is 0 Å². The van der Waals surface area contributed by atoms with Crippen molar-refractivity contribution in [1.29, 1.82) is 0 Å². The molecule has 6 rings (SSSR count). The molecule has 30 heavy (non-hydrogen) atoms. The Morgan fingerprint density at radius 2 is 0.900 bits per heavy atom. The van der Waals surface area contributed by atoms with Gasteiger partial charge in [-0.3, -0.25) is 0 Å². The smallest absolute Gasteiger partial charge is 0.164 e. The lowest BCUT2D eigenvalue weighted by atomic mass is 10.1. The van der Waals surface area contributed by atoms with E-state index in [4.69, 9.17) is 4.98 Å². The number of hydrogen-bond donors (Lipinski definition) is 0. The third kappa shape index (κ3) is 2.43. The summed E-state index contributed by atoms with van der Waals surface area (Å²) in [5.41, 5.74) is 5.23. The van der Waals surface area contributed by atoms with Crippen LogP contribution in [-0.4, -0.2) is 29.9 Å². The molecule has 0 atom stereocenters. The van der Waals surface area contributed by atoms with E-state index in [9.17, 15) is 0 Å². The molecule has 6 heteroatoms. The Bertz CT molecular complexity index is 1670. The van der Waals surface area contributed by atoms with Crippen molar-refractivity contribution in [3.8, 4) is 0 Å². The summed E-state index contributed by atoms with van der Waals surface area (Å²) in [6.45, 7) is 11.9. The topological polar surface area (TPSA) is 77.3 Å². The summed E-state index contributed by atoms with van der Waals surface area (Å²) in [6.07, 6.45) is 0. The minimum Gasteiger partial charge on any atom is -0.233 e. The molecule has 0 aliphatic rings. The van der Waals surface area contributed by atoms with Crippen LogP contribution in [0.5, 0.6) is 0 Å². The van der Waals surface area contributed by atoms with Crippen LogP contribution in [0.4, 0.5) is 0 Å². The summed E-state index contributed by atoms with van der Waals surface area (Å²) in [6, 6.07) is 12.3. The zero-order valence-corrected chi connectivity index (χ0v) is 16.6. The Morgan fingerprint density at radius 1 is 0.500 bits per heavy atom. The first-order valence-electron chi connectivity index (χ1n) is 9.60. The molecule has 0 N–H and O–H groups in total. The van der Waals surface area contributed by atoms with Crippen LogP contribution in [0, 0.1) is 13.8 Å². The monoisotopic (exact) mass is 388 g/mol. The number of hydrogen-bond acceptors (Lipinski definition) is 6. The minimum atomic E-state index is 0.593. The van der Waals surface area contributed by atoms with Crippen LogP contribution in [0.15, 0.2) is 36.4 Å². The molecule has 0 aliphatic carbocycles. The van der Waals surface area contributed by atoms with Crippen molar-refractivity contribution in [1.82, 2.24) is 29.9 Å². The largest absolute Gasteiger partial charge is 0.233 e. The van der Waals surface area contributed by atoms with Gasteiger partial charge in [-0.2, -0.15) is 0 Å². The maximum atomic E-state index is 4.70. The van der Waals surface area contributed by atoms with Gasteiger partial charge in [0.25, 0.3) is 0 Å². The average Bonchev–Trinajstić information content (AvgIpc) is 2.70. The van der Waals surface area contributed by atoms with Gasteiger partial charge in [-0.15, -0.1) is 0 Å². The fraction of sp³-hybridized carbons (Fsp3) is 0.0833. The van der Waals surface area contributed by atoms with Crippen LogP contribution in [0.2, 0.25) is 0 Å². The van der Waals surface area contributed by atoms with E-state index in [1.165, 1.54) is 0 Å². The van der Waals surface area contributed by atoms with Gasteiger partial charge in [0.05, 0.1) is 5.35 Å². The summed E-state index contributed by atoms with van der Waals surface area (Å²) in [4.78, 5) is 27.7. The van der Waals surface area contributed by atoms with Gasteiger partial charge in [0.2, 0.25) is 0 Å². The number of fused-ring (bicyclic) bond motifs is 5. The lowest BCUT2D eigenvalue weighted by Crippen LogP contribution is -2.25. The van der Waals surface area contributed by atoms with Gasteiger partial charge in [-0.25, -0.2) is 29.9 Å². The molecule has 6 nitrogen and oxygen atoms in total. The minimum absolute atomic E-state index is 0.593. The maximum absolute atomic E-state index is 4.70. The van der Waals surface area contributed by atoms with Crippen LogP contribution in [0.25, 0.3) is 68.3 Å². The summed E-state index contributed by atoms with van der Waals surface area (Å²) in [5.74, 6) is 0. The SMILES string of the molecule is C=c1cc2cc3cc4cc5cc6cc(C)c(C)nc6nc5nc4nc3nc2nc1=C. The number of rotatable bonds is 0. The number of aryl methyl sites for hydroxylation is 2. The van der Waals surface area contributed by atoms with Gasteiger partial charge >= 0.3 is 0 Å². The lowest BCUT2D eigenvalue weighted by molar-refractivity contribution is 1.16. The van der Waals surface area contributed by atoms with Crippen LogP contribution in [0.3, 0.4) is 0 Å². The summed E-state index contributed by atoms with van der Waals surface area (Å²) >= 11 is 0. The Morgan fingerprint density at radius 3 is 1.43 bits per heavy atom. The molecule has 0 spiro atoms. The van der Waals surface area contributed by atoms with Crippen molar-refractivity contribution >= 4 is 68.3 Å². The highest BCUT2D eigenvalue weighted by Gasteiger charge is 2.10. The van der Waals surface area contributed by atoms with Crippen LogP contribution in [0.1, 0.15) is 11.3 Å². The van der Waals surface area contributed by atoms with Crippen molar-refractivity contribution in [3.63, 3.8) is 0 Å². The lowest BCUT2D eigenvalue weighted by Gasteiger charge is -2.06. The number of aromatic nitrogens is 6. The van der Waals surface area contributed by atoms with E-state index in [0.717, 1.165) is 43.4 Å². The second-order valence-electron chi connectivity index (χ2n) is 7.67. The highest BCUT2D eigenvalue weighted by atomic mass is 15.0. The van der Waals surface area contributed by atoms with Crippen LogP contribution >= 0.6 is 0 Å². The highest BCUT2D eigenvalue weighted by molar-refractivity contribution is 6.00. The molecule has 0 amide bonds. The zero-order valence-electron chi connectivity index (χ0n) is 16.6. The summed E-state index contributed by atoms with van der Waals surface area (Å²) < 4.78 is 0. The number of nitrogens with zero attached hydrogens (tertiary/aromatic N) is 6. The summed E-state index contributed by atoms with van der Waals surface area (Å²) in [5, 5.41) is 6.15. The fourth-order valence-corrected chi connectivity index (χ4v) is 3.75. The van der Waals surface area contributed by atoms with Crippen molar-refractivity contribution in [2.45, 2.75) is 13.8 Å². The molecule has 0 bridgehead atoms. The Balaban J connectivity index is 1.68. The Hall–Kier alpha value is -4.06. The van der Waals surface area contributed by atoms with E-state index < -0.39 is 0 Å². The van der Waals surface area contributed by atoms with Crippen LogP contribution in [-0.2, 0) is 0 Å². The van der Waals surface area contributed by atoms with E-state index in [1.807, 2.05) is 19.1 Å². The van der Waals surface area contributed by atoms with E-state index in [2.05, 4.69) is 69.3 Å². The molecule has 0 aliphatic heterocycles. The van der Waals surface area contributed by atoms with E-state index >= 15 is 0 Å². The van der Waals surface area contributed by atoms with E-state index in [1.54, 1.807) is 0 Å². The molecule has 6 heterocycles. The van der Waals surface area contributed by atoms with Crippen molar-refractivity contribution in [2.24, 2.45) is 0 Å². The van der Waals surface area contributed by atoms with Gasteiger partial charge in [0.1, 0.15) is 0 Å². The van der Waals surface area contributed by atoms with Gasteiger partial charge in [0, 0.05) is 32.6 Å². The third-order valence-electron chi connectivity index (χ3n) is 5.54. The fourth-order valence-electron chi connectivity index (χ4n) is 3.75. The molecule has 0 saturated carbocycles. The average molecular weight is 388 g/mol. The Kier molecular flexibility index (Phi) is 3.22. The molecular weight excluding hydrogens is 372 g/mol. The highest BCUT2D eigenvalue weighted by Crippen LogP contribution is 2.25. The normalized spacial score (nSPS) is 11.9. The standard InChI is InChI=1S/C24H16N6/c1-11-5-15-7-17-9-19-10-18-8-16-6-12(2)14(4)26-21(16)28-23(18)30-24(19)29-22(17)27-20(15)25-13(11)3/h5-10H,1,3H2,2,4H3. The number of pyridine rings is 6. The molecule has 0 unspecified atom stereocenters. The molecule has 0 saturated heterocycles. The quantitative estimate of drug-likeness (QED) is 0.372. The molecule has 0 radical (unpaired) electrons. The zero-order chi connectivity index (χ0) is 20.6. The molecule has 0 aromatic carbocycles. The third-order valence-corrected chi connectivity index (χ3v) is 5.54. The van der Waals surface area contributed by atoms with Gasteiger partial charge < -0.3 is 0 Å². The molecule has 142 valence electrons. The van der Waals surface area contributed by atoms with Crippen LogP contribution < -0.4 is 10.6 Å². The molecular formula is C24H16N6. The first kappa shape index (κ1) is 16.9. The maximum Gasteiger partial charge on any atom is 0.164 e. The first-order valence-corrected chi connectivity index (χ1v) is 9.60. The molecule has 6 aromatic rings. The van der Waals surface area contributed by atoms with Gasteiger partial charge in [-0.05, 0) is 61.0 Å². The second kappa shape index (κ2) is 5.73. The Labute approximate surface area is 170 Å². The second-order valence-corrected chi connectivity index (χ2v) is 7.67. The molecule has 6 aromatic heterocycles. The van der Waals surface area contributed by atoms with Gasteiger partial charge in [0.15, 0.2) is 28.2 Å². The predicted octanol–water partition coefficient (Wildman–Crippen LogP) is 3.26. The summed E-state index contributed by atoms with van der Waals surface area (Å²) in [7, 11) is 0. The van der Waals surface area contributed by atoms with Crippen molar-refractivity contribution in [3.05, 3.63) is 58.2 Å². The first-order chi connectivity index (χ1) is 14.4. The molecule has 0 fully saturated rings. The van der Waals surface area contributed by atoms with Gasteiger partial charge in [-0.1, -0.05) is 13.2 Å². The van der Waals surface area contributed by atoms with E-state index in [-0.39, 0.29) is 0 Å². The predicted molar refractivity (Wildman–Crippen MR) is 121 cm³/mol. The van der Waals surface area contributed by atoms with Crippen molar-refractivity contribution < 1.29 is 0 Å². The van der Waals surface area contributed by atoms with E-state index in [0.29, 0.717) is 33.6 Å².